The molecule has 1 aliphatic rings. The molecule has 204 valence electrons. The standard InChI is InChI=1S/C31H28NO7P/c1-35-29-18-26-27(31(33)32-28(26)19-30(29)36-2)17-22-13-15-25(16-14-22)39-40(34,37-20-23-9-5-3-6-10-23)38-21-24-11-7-4-8-12-24/h3-19H,20-21H2,1-2H3,(H,32,33). The van der Waals surface area contributed by atoms with Gasteiger partial charge in [0.2, 0.25) is 0 Å². The second-order valence-electron chi connectivity index (χ2n) is 8.89. The van der Waals surface area contributed by atoms with Crippen molar-refractivity contribution in [2.75, 3.05) is 19.5 Å². The molecule has 5 rings (SSSR count). The lowest BCUT2D eigenvalue weighted by Crippen LogP contribution is -2.04. The Kier molecular flexibility index (Phi) is 8.31. The van der Waals surface area contributed by atoms with Gasteiger partial charge in [-0.2, -0.15) is 0 Å². The van der Waals surface area contributed by atoms with E-state index in [0.717, 1.165) is 16.7 Å². The van der Waals surface area contributed by atoms with Gasteiger partial charge >= 0.3 is 7.82 Å². The number of methoxy groups -OCH3 is 2. The van der Waals surface area contributed by atoms with E-state index in [0.29, 0.717) is 34.1 Å². The fourth-order valence-electron chi connectivity index (χ4n) is 4.13. The van der Waals surface area contributed by atoms with E-state index in [4.69, 9.17) is 23.0 Å². The average molecular weight is 558 g/mol. The molecule has 0 aromatic heterocycles. The molecule has 1 amide bonds. The summed E-state index contributed by atoms with van der Waals surface area (Å²) < 4.78 is 41.5. The van der Waals surface area contributed by atoms with Gasteiger partial charge in [-0.1, -0.05) is 72.8 Å². The molecule has 0 radical (unpaired) electrons. The van der Waals surface area contributed by atoms with Crippen LogP contribution >= 0.6 is 7.82 Å². The molecule has 4 aromatic carbocycles. The van der Waals surface area contributed by atoms with Crippen LogP contribution in [0.4, 0.5) is 5.69 Å². The molecular formula is C31H28NO7P. The summed E-state index contributed by atoms with van der Waals surface area (Å²) in [6.07, 6.45) is 1.76. The largest absolute Gasteiger partial charge is 0.530 e. The van der Waals surface area contributed by atoms with Crippen LogP contribution in [0, 0.1) is 0 Å². The molecule has 9 heteroatoms. The molecule has 0 atom stereocenters. The maximum absolute atomic E-state index is 13.6. The first-order chi connectivity index (χ1) is 19.5. The number of nitrogens with one attached hydrogen (secondary N) is 1. The molecule has 0 saturated heterocycles. The molecule has 8 nitrogen and oxygen atoms in total. The Hall–Kier alpha value is -4.36. The second kappa shape index (κ2) is 12.2. The van der Waals surface area contributed by atoms with E-state index in [1.807, 2.05) is 60.7 Å². The van der Waals surface area contributed by atoms with Crippen molar-refractivity contribution in [1.29, 1.82) is 0 Å². The maximum Gasteiger partial charge on any atom is 0.530 e. The topological polar surface area (TPSA) is 92.3 Å². The highest BCUT2D eigenvalue weighted by molar-refractivity contribution is 7.48. The minimum atomic E-state index is -3.99. The fraction of sp³-hybridized carbons (Fsp3) is 0.129. The van der Waals surface area contributed by atoms with Crippen molar-refractivity contribution in [2.45, 2.75) is 13.2 Å². The van der Waals surface area contributed by atoms with Gasteiger partial charge in [-0.05, 0) is 41.0 Å². The summed E-state index contributed by atoms with van der Waals surface area (Å²) in [4.78, 5) is 12.7. The van der Waals surface area contributed by atoms with Gasteiger partial charge in [0, 0.05) is 17.2 Å². The fourth-order valence-corrected chi connectivity index (χ4v) is 5.30. The van der Waals surface area contributed by atoms with Crippen LogP contribution < -0.4 is 19.3 Å². The van der Waals surface area contributed by atoms with Crippen LogP contribution in [0.1, 0.15) is 22.3 Å². The van der Waals surface area contributed by atoms with Crippen LogP contribution in [-0.4, -0.2) is 20.1 Å². The van der Waals surface area contributed by atoms with Crippen molar-refractivity contribution in [2.24, 2.45) is 0 Å². The Bertz CT molecular complexity index is 1510. The van der Waals surface area contributed by atoms with Crippen molar-refractivity contribution in [3.05, 3.63) is 119 Å². The predicted octanol–water partition coefficient (Wildman–Crippen LogP) is 7.12. The lowest BCUT2D eigenvalue weighted by Gasteiger charge is -2.19. The minimum absolute atomic E-state index is 0.0554. The SMILES string of the molecule is COc1cc2c(cc1OC)C(=Cc1ccc(OP(=O)(OCc3ccccc3)OCc3ccccc3)cc1)C(=O)N2. The molecular weight excluding hydrogens is 529 g/mol. The normalized spacial score (nSPS) is 13.6. The van der Waals surface area contributed by atoms with E-state index in [1.54, 1.807) is 56.7 Å². The highest BCUT2D eigenvalue weighted by atomic mass is 31.2. The molecule has 0 aliphatic carbocycles. The Morgan fingerprint density at radius 3 is 1.85 bits per heavy atom. The van der Waals surface area contributed by atoms with Gasteiger partial charge in [-0.25, -0.2) is 4.57 Å². The number of rotatable bonds is 11. The number of carbonyl (C=O) groups excluding carboxylic acids is 1. The smallest absolute Gasteiger partial charge is 0.493 e. The number of fused-ring (bicyclic) bond motifs is 1. The third kappa shape index (κ3) is 6.43. The van der Waals surface area contributed by atoms with Crippen LogP contribution in [0.25, 0.3) is 11.6 Å². The lowest BCUT2D eigenvalue weighted by atomic mass is 10.0. The zero-order chi connectivity index (χ0) is 28.0. The van der Waals surface area contributed by atoms with Gasteiger partial charge in [0.25, 0.3) is 5.91 Å². The van der Waals surface area contributed by atoms with Crippen molar-refractivity contribution in [3.63, 3.8) is 0 Å². The summed E-state index contributed by atoms with van der Waals surface area (Å²) in [6, 6.07) is 29.1. The minimum Gasteiger partial charge on any atom is -0.493 e. The van der Waals surface area contributed by atoms with Crippen LogP contribution in [-0.2, 0) is 31.6 Å². The Morgan fingerprint density at radius 1 is 0.750 bits per heavy atom. The van der Waals surface area contributed by atoms with Gasteiger partial charge < -0.3 is 19.3 Å². The number of carbonyl (C=O) groups is 1. The zero-order valence-electron chi connectivity index (χ0n) is 22.0. The molecule has 1 N–H and O–H groups in total. The zero-order valence-corrected chi connectivity index (χ0v) is 22.9. The molecule has 1 aliphatic heterocycles. The van der Waals surface area contributed by atoms with E-state index in [1.165, 1.54) is 0 Å². The summed E-state index contributed by atoms with van der Waals surface area (Å²) in [7, 11) is -0.907. The van der Waals surface area contributed by atoms with Gasteiger partial charge in [0.15, 0.2) is 11.5 Å². The summed E-state index contributed by atoms with van der Waals surface area (Å²) in [5.74, 6) is 1.11. The molecule has 0 fully saturated rings. The number of hydrogen-bond donors (Lipinski definition) is 1. The molecule has 0 spiro atoms. The van der Waals surface area contributed by atoms with Gasteiger partial charge in [-0.15, -0.1) is 0 Å². The van der Waals surface area contributed by atoms with E-state index in [9.17, 15) is 9.36 Å². The number of phosphoric acid groups is 1. The van der Waals surface area contributed by atoms with Gasteiger partial charge in [-0.3, -0.25) is 13.8 Å². The summed E-state index contributed by atoms with van der Waals surface area (Å²) >= 11 is 0. The number of anilines is 1. The Labute approximate surface area is 232 Å². The first-order valence-corrected chi connectivity index (χ1v) is 14.0. The highest BCUT2D eigenvalue weighted by Crippen LogP contribution is 2.51. The quantitative estimate of drug-likeness (QED) is 0.155. The summed E-state index contributed by atoms with van der Waals surface area (Å²) in [6.45, 7) is 0.111. The van der Waals surface area contributed by atoms with Crippen molar-refractivity contribution in [1.82, 2.24) is 0 Å². The van der Waals surface area contributed by atoms with E-state index >= 15 is 0 Å². The molecule has 0 saturated carbocycles. The highest BCUT2D eigenvalue weighted by Gasteiger charge is 2.30. The van der Waals surface area contributed by atoms with E-state index in [2.05, 4.69) is 5.32 Å². The first-order valence-electron chi connectivity index (χ1n) is 12.5. The van der Waals surface area contributed by atoms with Crippen LogP contribution in [0.5, 0.6) is 17.2 Å². The predicted molar refractivity (Wildman–Crippen MR) is 153 cm³/mol. The second-order valence-corrected chi connectivity index (χ2v) is 10.5. The monoisotopic (exact) mass is 557 g/mol. The van der Waals surface area contributed by atoms with Gasteiger partial charge in [0.05, 0.1) is 33.1 Å². The van der Waals surface area contributed by atoms with Crippen LogP contribution in [0.15, 0.2) is 97.1 Å². The molecule has 40 heavy (non-hydrogen) atoms. The van der Waals surface area contributed by atoms with Crippen LogP contribution in [0.3, 0.4) is 0 Å². The molecule has 0 bridgehead atoms. The molecule has 1 heterocycles. The van der Waals surface area contributed by atoms with Gasteiger partial charge in [0.1, 0.15) is 5.75 Å². The number of hydrogen-bond acceptors (Lipinski definition) is 7. The first kappa shape index (κ1) is 27.2. The van der Waals surface area contributed by atoms with Crippen molar-refractivity contribution >= 4 is 31.1 Å². The van der Waals surface area contributed by atoms with Crippen LogP contribution in [0.2, 0.25) is 0 Å². The average Bonchev–Trinajstić information content (AvgIpc) is 3.29. The Morgan fingerprint density at radius 2 is 1.30 bits per heavy atom. The number of amides is 1. The van der Waals surface area contributed by atoms with E-state index in [-0.39, 0.29) is 19.1 Å². The molecule has 0 unspecified atom stereocenters. The van der Waals surface area contributed by atoms with Crippen molar-refractivity contribution < 1.29 is 32.4 Å². The number of phosphoric ester groups is 1. The third-order valence-electron chi connectivity index (χ3n) is 6.18. The summed E-state index contributed by atoms with van der Waals surface area (Å²) in [5, 5.41) is 2.85. The molecule has 4 aromatic rings. The Balaban J connectivity index is 1.34. The number of benzene rings is 4. The number of ether oxygens (including phenoxy) is 2. The third-order valence-corrected chi connectivity index (χ3v) is 7.50. The summed E-state index contributed by atoms with van der Waals surface area (Å²) in [5.41, 5.74) is 4.23. The maximum atomic E-state index is 13.6. The van der Waals surface area contributed by atoms with E-state index < -0.39 is 7.82 Å². The van der Waals surface area contributed by atoms with Crippen molar-refractivity contribution in [3.8, 4) is 17.2 Å². The lowest BCUT2D eigenvalue weighted by molar-refractivity contribution is -0.110.